The average molecular weight is 255 g/mol. The first-order chi connectivity index (χ1) is 8.06. The SMILES string of the molecule is CC(C)c1c(NN)ncnc1SCCN(C)C. The van der Waals surface area contributed by atoms with Crippen LogP contribution in [0.3, 0.4) is 0 Å². The summed E-state index contributed by atoms with van der Waals surface area (Å²) in [4.78, 5) is 10.7. The molecule has 0 aliphatic carbocycles. The minimum atomic E-state index is 0.351. The number of thioether (sulfide) groups is 1. The lowest BCUT2D eigenvalue weighted by molar-refractivity contribution is 0.437. The summed E-state index contributed by atoms with van der Waals surface area (Å²) in [5, 5.41) is 1.02. The maximum atomic E-state index is 5.48. The van der Waals surface area contributed by atoms with Gasteiger partial charge in [0.1, 0.15) is 17.2 Å². The van der Waals surface area contributed by atoms with Crippen molar-refractivity contribution >= 4 is 17.6 Å². The van der Waals surface area contributed by atoms with E-state index in [9.17, 15) is 0 Å². The van der Waals surface area contributed by atoms with E-state index in [0.29, 0.717) is 5.92 Å². The summed E-state index contributed by atoms with van der Waals surface area (Å²) in [6.45, 7) is 5.27. The van der Waals surface area contributed by atoms with Crippen molar-refractivity contribution in [2.45, 2.75) is 24.8 Å². The monoisotopic (exact) mass is 255 g/mol. The molecule has 0 spiro atoms. The van der Waals surface area contributed by atoms with Gasteiger partial charge in [-0.05, 0) is 20.0 Å². The number of nitrogen functional groups attached to an aromatic ring is 1. The van der Waals surface area contributed by atoms with E-state index in [4.69, 9.17) is 5.84 Å². The number of hydrogen-bond donors (Lipinski definition) is 2. The Labute approximate surface area is 107 Å². The molecule has 0 saturated heterocycles. The molecule has 0 aliphatic heterocycles. The summed E-state index contributed by atoms with van der Waals surface area (Å²) in [5.74, 6) is 7.56. The van der Waals surface area contributed by atoms with Crippen LogP contribution in [0.2, 0.25) is 0 Å². The fraction of sp³-hybridized carbons (Fsp3) is 0.636. The van der Waals surface area contributed by atoms with Gasteiger partial charge >= 0.3 is 0 Å². The van der Waals surface area contributed by atoms with Crippen molar-refractivity contribution in [3.8, 4) is 0 Å². The van der Waals surface area contributed by atoms with Gasteiger partial charge in [0.05, 0.1) is 0 Å². The number of hydrogen-bond acceptors (Lipinski definition) is 6. The first-order valence-corrected chi connectivity index (χ1v) is 6.63. The van der Waals surface area contributed by atoms with Gasteiger partial charge in [0, 0.05) is 17.9 Å². The molecule has 1 rings (SSSR count). The second-order valence-electron chi connectivity index (χ2n) is 4.39. The number of aromatic nitrogens is 2. The molecule has 3 N–H and O–H groups in total. The molecule has 0 aliphatic rings. The normalized spacial score (nSPS) is 11.2. The largest absolute Gasteiger partial charge is 0.309 e. The molecule has 1 aromatic rings. The van der Waals surface area contributed by atoms with Crippen molar-refractivity contribution in [2.75, 3.05) is 31.8 Å². The topological polar surface area (TPSA) is 67.1 Å². The summed E-state index contributed by atoms with van der Waals surface area (Å²) in [6, 6.07) is 0. The van der Waals surface area contributed by atoms with Crippen molar-refractivity contribution in [2.24, 2.45) is 5.84 Å². The molecule has 0 amide bonds. The van der Waals surface area contributed by atoms with Crippen molar-refractivity contribution in [3.05, 3.63) is 11.9 Å². The van der Waals surface area contributed by atoms with Crippen LogP contribution < -0.4 is 11.3 Å². The zero-order valence-corrected chi connectivity index (χ0v) is 11.7. The fourth-order valence-electron chi connectivity index (χ4n) is 1.45. The Bertz CT molecular complexity index is 354. The maximum absolute atomic E-state index is 5.48. The number of nitrogens with two attached hydrogens (primary N) is 1. The van der Waals surface area contributed by atoms with Crippen LogP contribution in [0, 0.1) is 0 Å². The number of hydrazine groups is 1. The molecule has 17 heavy (non-hydrogen) atoms. The fourth-order valence-corrected chi connectivity index (χ4v) is 2.71. The summed E-state index contributed by atoms with van der Waals surface area (Å²) in [7, 11) is 4.13. The number of rotatable bonds is 6. The van der Waals surface area contributed by atoms with Crippen molar-refractivity contribution < 1.29 is 0 Å². The zero-order valence-electron chi connectivity index (χ0n) is 10.9. The molecule has 6 heteroatoms. The van der Waals surface area contributed by atoms with E-state index in [0.717, 1.165) is 28.7 Å². The van der Waals surface area contributed by atoms with E-state index in [-0.39, 0.29) is 0 Å². The second kappa shape index (κ2) is 6.78. The minimum absolute atomic E-state index is 0.351. The standard InChI is InChI=1S/C11H21N5S/c1-8(2)9-10(15-12)13-7-14-11(9)17-6-5-16(3)4/h7-8H,5-6,12H2,1-4H3,(H,13,14,15). The second-order valence-corrected chi connectivity index (χ2v) is 5.48. The lowest BCUT2D eigenvalue weighted by Gasteiger charge is -2.15. The summed E-state index contributed by atoms with van der Waals surface area (Å²) >= 11 is 1.74. The Kier molecular flexibility index (Phi) is 5.67. The number of anilines is 1. The lowest BCUT2D eigenvalue weighted by Crippen LogP contribution is -2.16. The van der Waals surface area contributed by atoms with Gasteiger partial charge in [-0.3, -0.25) is 0 Å². The van der Waals surface area contributed by atoms with Gasteiger partial charge < -0.3 is 10.3 Å². The molecule has 1 heterocycles. The highest BCUT2D eigenvalue weighted by atomic mass is 32.2. The molecule has 0 radical (unpaired) electrons. The van der Waals surface area contributed by atoms with E-state index in [2.05, 4.69) is 48.2 Å². The van der Waals surface area contributed by atoms with E-state index >= 15 is 0 Å². The van der Waals surface area contributed by atoms with Crippen LogP contribution in [-0.4, -0.2) is 41.3 Å². The van der Waals surface area contributed by atoms with Crippen molar-refractivity contribution in [1.29, 1.82) is 0 Å². The first kappa shape index (κ1) is 14.2. The average Bonchev–Trinajstić information content (AvgIpc) is 2.27. The highest BCUT2D eigenvalue weighted by molar-refractivity contribution is 7.99. The lowest BCUT2D eigenvalue weighted by atomic mass is 10.1. The van der Waals surface area contributed by atoms with Gasteiger partial charge in [-0.1, -0.05) is 13.8 Å². The van der Waals surface area contributed by atoms with Crippen molar-refractivity contribution in [1.82, 2.24) is 14.9 Å². The van der Waals surface area contributed by atoms with E-state index in [1.807, 2.05) is 0 Å². The third-order valence-corrected chi connectivity index (χ3v) is 3.32. The third kappa shape index (κ3) is 4.14. The highest BCUT2D eigenvalue weighted by Crippen LogP contribution is 2.30. The molecule has 0 aromatic carbocycles. The molecular formula is C11H21N5S. The van der Waals surface area contributed by atoms with E-state index < -0.39 is 0 Å². The first-order valence-electron chi connectivity index (χ1n) is 5.65. The predicted octanol–water partition coefficient (Wildman–Crippen LogP) is 1.54. The van der Waals surface area contributed by atoms with Crippen LogP contribution in [0.15, 0.2) is 11.4 Å². The van der Waals surface area contributed by atoms with Gasteiger partial charge in [0.15, 0.2) is 0 Å². The van der Waals surface area contributed by atoms with Crippen LogP contribution in [0.1, 0.15) is 25.3 Å². The smallest absolute Gasteiger partial charge is 0.147 e. The third-order valence-electron chi connectivity index (χ3n) is 2.34. The summed E-state index contributed by atoms with van der Waals surface area (Å²) < 4.78 is 0. The molecule has 0 fully saturated rings. The zero-order chi connectivity index (χ0) is 12.8. The highest BCUT2D eigenvalue weighted by Gasteiger charge is 2.14. The minimum Gasteiger partial charge on any atom is -0.309 e. The molecule has 0 saturated carbocycles. The van der Waals surface area contributed by atoms with Gasteiger partial charge in [-0.25, -0.2) is 15.8 Å². The predicted molar refractivity (Wildman–Crippen MR) is 73.2 cm³/mol. The van der Waals surface area contributed by atoms with Crippen LogP contribution in [0.5, 0.6) is 0 Å². The molecular weight excluding hydrogens is 234 g/mol. The van der Waals surface area contributed by atoms with Crippen LogP contribution in [-0.2, 0) is 0 Å². The Balaban J connectivity index is 2.83. The molecule has 96 valence electrons. The van der Waals surface area contributed by atoms with Crippen LogP contribution >= 0.6 is 11.8 Å². The molecule has 0 bridgehead atoms. The maximum Gasteiger partial charge on any atom is 0.147 e. The summed E-state index contributed by atoms with van der Waals surface area (Å²) in [6.07, 6.45) is 1.55. The quantitative estimate of drug-likeness (QED) is 0.348. The van der Waals surface area contributed by atoms with Gasteiger partial charge in [-0.15, -0.1) is 11.8 Å². The Hall–Kier alpha value is -0.850. The Morgan fingerprint density at radius 3 is 2.65 bits per heavy atom. The molecule has 1 aromatic heterocycles. The van der Waals surface area contributed by atoms with Crippen LogP contribution in [0.4, 0.5) is 5.82 Å². The van der Waals surface area contributed by atoms with Gasteiger partial charge in [0.2, 0.25) is 0 Å². The number of nitrogens with zero attached hydrogens (tertiary/aromatic N) is 3. The molecule has 5 nitrogen and oxygen atoms in total. The van der Waals surface area contributed by atoms with Crippen molar-refractivity contribution in [3.63, 3.8) is 0 Å². The Morgan fingerprint density at radius 1 is 1.41 bits per heavy atom. The van der Waals surface area contributed by atoms with Gasteiger partial charge in [0.25, 0.3) is 0 Å². The van der Waals surface area contributed by atoms with Crippen LogP contribution in [0.25, 0.3) is 0 Å². The van der Waals surface area contributed by atoms with E-state index in [1.165, 1.54) is 0 Å². The van der Waals surface area contributed by atoms with E-state index in [1.54, 1.807) is 18.1 Å². The Morgan fingerprint density at radius 2 is 2.12 bits per heavy atom. The summed E-state index contributed by atoms with van der Waals surface area (Å²) in [5.41, 5.74) is 3.74. The molecule has 0 atom stereocenters. The van der Waals surface area contributed by atoms with Gasteiger partial charge in [-0.2, -0.15) is 0 Å². The molecule has 0 unspecified atom stereocenters. The number of nitrogens with one attached hydrogen (secondary N) is 1.